The fourth-order valence-corrected chi connectivity index (χ4v) is 2.64. The molecule has 1 aliphatic heterocycles. The molecule has 0 N–H and O–H groups in total. The van der Waals surface area contributed by atoms with Crippen LogP contribution in [-0.2, 0) is 0 Å². The van der Waals surface area contributed by atoms with E-state index < -0.39 is 0 Å². The van der Waals surface area contributed by atoms with Crippen molar-refractivity contribution < 1.29 is 0 Å². The minimum Gasteiger partial charge on any atom is -0.352 e. The molecule has 0 radical (unpaired) electrons. The molecule has 0 amide bonds. The van der Waals surface area contributed by atoms with Crippen LogP contribution in [0.25, 0.3) is 0 Å². The van der Waals surface area contributed by atoms with Gasteiger partial charge in [0.1, 0.15) is 11.8 Å². The van der Waals surface area contributed by atoms with E-state index in [4.69, 9.17) is 11.6 Å². The van der Waals surface area contributed by atoms with Crippen molar-refractivity contribution in [3.63, 3.8) is 0 Å². The van der Waals surface area contributed by atoms with E-state index >= 15 is 0 Å². The van der Waals surface area contributed by atoms with E-state index in [1.54, 1.807) is 0 Å². The maximum atomic E-state index is 9.19. The average Bonchev–Trinajstić information content (AvgIpc) is 2.67. The van der Waals surface area contributed by atoms with Gasteiger partial charge < -0.3 is 4.90 Å². The third-order valence-electron chi connectivity index (χ3n) is 3.07. The fraction of sp³-hybridized carbons (Fsp3) is 0.357. The number of nitrogens with zero attached hydrogens (tertiary/aromatic N) is 2. The smallest absolute Gasteiger partial charge is 0.131 e. The second kappa shape index (κ2) is 4.81. The predicted molar refractivity (Wildman–Crippen MR) is 69.3 cm³/mol. The molecule has 0 aliphatic carbocycles. The van der Waals surface area contributed by atoms with Crippen molar-refractivity contribution >= 4 is 11.6 Å². The summed E-state index contributed by atoms with van der Waals surface area (Å²) in [5.74, 6) is 0. The highest BCUT2D eigenvalue weighted by molar-refractivity contribution is 6.30. The SMILES string of the molecule is CC(C)N1C(C#N)=C(Cl)CC1c1ccccc1. The lowest BCUT2D eigenvalue weighted by atomic mass is 10.0. The van der Waals surface area contributed by atoms with Crippen LogP contribution >= 0.6 is 11.6 Å². The summed E-state index contributed by atoms with van der Waals surface area (Å²) in [5.41, 5.74) is 1.83. The van der Waals surface area contributed by atoms with Gasteiger partial charge in [0.15, 0.2) is 0 Å². The molecule has 2 rings (SSSR count). The monoisotopic (exact) mass is 246 g/mol. The first-order valence-corrected chi connectivity index (χ1v) is 6.15. The zero-order valence-corrected chi connectivity index (χ0v) is 10.8. The van der Waals surface area contributed by atoms with Gasteiger partial charge >= 0.3 is 0 Å². The minimum absolute atomic E-state index is 0.193. The number of halogens is 1. The quantitative estimate of drug-likeness (QED) is 0.793. The first-order chi connectivity index (χ1) is 8.15. The molecule has 1 aliphatic rings. The standard InChI is InChI=1S/C14H15ClN2/c1-10(2)17-13(8-12(15)14(17)9-16)11-6-4-3-5-7-11/h3-7,10,13H,8H2,1-2H3. The molecule has 1 atom stereocenters. The van der Waals surface area contributed by atoms with Crippen LogP contribution in [0.5, 0.6) is 0 Å². The Balaban J connectivity index is 2.37. The summed E-state index contributed by atoms with van der Waals surface area (Å²) in [6, 6.07) is 12.9. The van der Waals surface area contributed by atoms with Crippen molar-refractivity contribution in [3.05, 3.63) is 46.6 Å². The number of allylic oxidation sites excluding steroid dienone is 1. The van der Waals surface area contributed by atoms with Crippen LogP contribution < -0.4 is 0 Å². The maximum Gasteiger partial charge on any atom is 0.131 e. The first-order valence-electron chi connectivity index (χ1n) is 5.77. The lowest BCUT2D eigenvalue weighted by Gasteiger charge is -2.31. The number of rotatable bonds is 2. The number of benzene rings is 1. The molecule has 1 aromatic carbocycles. The molecule has 3 heteroatoms. The zero-order chi connectivity index (χ0) is 12.4. The highest BCUT2D eigenvalue weighted by Crippen LogP contribution is 2.41. The van der Waals surface area contributed by atoms with Crippen molar-refractivity contribution in [3.8, 4) is 6.07 Å². The molecule has 1 aromatic rings. The second-order valence-electron chi connectivity index (χ2n) is 4.50. The van der Waals surface area contributed by atoms with E-state index in [0.29, 0.717) is 10.7 Å². The van der Waals surface area contributed by atoms with Gasteiger partial charge in [0.2, 0.25) is 0 Å². The van der Waals surface area contributed by atoms with Gasteiger partial charge in [-0.2, -0.15) is 5.26 Å². The average molecular weight is 247 g/mol. The lowest BCUT2D eigenvalue weighted by molar-refractivity contribution is 0.238. The summed E-state index contributed by atoms with van der Waals surface area (Å²) in [4.78, 5) is 2.11. The topological polar surface area (TPSA) is 27.0 Å². The van der Waals surface area contributed by atoms with E-state index in [-0.39, 0.29) is 12.1 Å². The summed E-state index contributed by atoms with van der Waals surface area (Å²) in [5, 5.41) is 9.86. The van der Waals surface area contributed by atoms with Gasteiger partial charge in [0.05, 0.1) is 11.1 Å². The summed E-state index contributed by atoms with van der Waals surface area (Å²) >= 11 is 6.18. The van der Waals surface area contributed by atoms with Crippen LogP contribution in [0.2, 0.25) is 0 Å². The molecule has 0 aromatic heterocycles. The van der Waals surface area contributed by atoms with E-state index in [1.807, 2.05) is 18.2 Å². The fourth-order valence-electron chi connectivity index (χ4n) is 2.35. The van der Waals surface area contributed by atoms with Crippen molar-refractivity contribution in [1.82, 2.24) is 4.90 Å². The predicted octanol–water partition coefficient (Wildman–Crippen LogP) is 3.82. The van der Waals surface area contributed by atoms with Gasteiger partial charge in [-0.25, -0.2) is 0 Å². The third-order valence-corrected chi connectivity index (χ3v) is 3.40. The largest absolute Gasteiger partial charge is 0.352 e. The van der Waals surface area contributed by atoms with Crippen molar-refractivity contribution in [2.45, 2.75) is 32.4 Å². The highest BCUT2D eigenvalue weighted by atomic mass is 35.5. The van der Waals surface area contributed by atoms with Crippen LogP contribution in [-0.4, -0.2) is 10.9 Å². The molecular weight excluding hydrogens is 232 g/mol. The first kappa shape index (κ1) is 12.0. The minimum atomic E-state index is 0.193. The van der Waals surface area contributed by atoms with Gasteiger partial charge in [-0.3, -0.25) is 0 Å². The van der Waals surface area contributed by atoms with Gasteiger partial charge in [-0.1, -0.05) is 41.9 Å². The van der Waals surface area contributed by atoms with Crippen LogP contribution in [0, 0.1) is 11.3 Å². The van der Waals surface area contributed by atoms with Crippen LogP contribution in [0.3, 0.4) is 0 Å². The molecule has 0 saturated heterocycles. The van der Waals surface area contributed by atoms with E-state index in [0.717, 1.165) is 6.42 Å². The Morgan fingerprint density at radius 1 is 1.35 bits per heavy atom. The molecule has 0 spiro atoms. The Kier molecular flexibility index (Phi) is 3.40. The molecule has 0 saturated carbocycles. The van der Waals surface area contributed by atoms with E-state index in [1.165, 1.54) is 5.56 Å². The zero-order valence-electron chi connectivity index (χ0n) is 10.0. The van der Waals surface area contributed by atoms with Crippen molar-refractivity contribution in [1.29, 1.82) is 5.26 Å². The van der Waals surface area contributed by atoms with Gasteiger partial charge in [-0.05, 0) is 19.4 Å². The van der Waals surface area contributed by atoms with Crippen molar-refractivity contribution in [2.75, 3.05) is 0 Å². The Labute approximate surface area is 107 Å². The highest BCUT2D eigenvalue weighted by Gasteiger charge is 2.33. The number of hydrogen-bond acceptors (Lipinski definition) is 2. The van der Waals surface area contributed by atoms with Crippen LogP contribution in [0.15, 0.2) is 41.1 Å². The number of nitriles is 1. The van der Waals surface area contributed by atoms with Gasteiger partial charge in [0.25, 0.3) is 0 Å². The summed E-state index contributed by atoms with van der Waals surface area (Å²) in [6.45, 7) is 4.17. The Bertz CT molecular complexity index is 471. The maximum absolute atomic E-state index is 9.19. The summed E-state index contributed by atoms with van der Waals surface area (Å²) in [7, 11) is 0. The molecule has 88 valence electrons. The normalized spacial score (nSPS) is 19.9. The third kappa shape index (κ3) is 2.16. The molecule has 2 nitrogen and oxygen atoms in total. The Morgan fingerprint density at radius 2 is 2.00 bits per heavy atom. The molecule has 0 fully saturated rings. The van der Waals surface area contributed by atoms with E-state index in [9.17, 15) is 5.26 Å². The number of hydrogen-bond donors (Lipinski definition) is 0. The Hall–Kier alpha value is -1.46. The molecule has 1 unspecified atom stereocenters. The van der Waals surface area contributed by atoms with Gasteiger partial charge in [-0.15, -0.1) is 0 Å². The van der Waals surface area contributed by atoms with Gasteiger partial charge in [0, 0.05) is 12.5 Å². The summed E-state index contributed by atoms with van der Waals surface area (Å²) in [6.07, 6.45) is 0.729. The van der Waals surface area contributed by atoms with Crippen LogP contribution in [0.4, 0.5) is 0 Å². The Morgan fingerprint density at radius 3 is 2.53 bits per heavy atom. The lowest BCUT2D eigenvalue weighted by Crippen LogP contribution is -2.30. The second-order valence-corrected chi connectivity index (χ2v) is 4.95. The van der Waals surface area contributed by atoms with Crippen molar-refractivity contribution in [2.24, 2.45) is 0 Å². The molecule has 17 heavy (non-hydrogen) atoms. The van der Waals surface area contributed by atoms with Crippen LogP contribution in [0.1, 0.15) is 31.9 Å². The molecule has 1 heterocycles. The molecular formula is C14H15ClN2. The van der Waals surface area contributed by atoms with E-state index in [2.05, 4.69) is 36.9 Å². The summed E-state index contributed by atoms with van der Waals surface area (Å²) < 4.78 is 0. The molecule has 0 bridgehead atoms.